The smallest absolute Gasteiger partial charge is 0.328 e. The zero-order chi connectivity index (χ0) is 29.5. The van der Waals surface area contributed by atoms with Gasteiger partial charge in [-0.15, -0.1) is 0 Å². The molecule has 3 amide bonds. The van der Waals surface area contributed by atoms with Gasteiger partial charge in [-0.3, -0.25) is 19.8 Å². The summed E-state index contributed by atoms with van der Waals surface area (Å²) in [5.74, 6) is -1.63. The summed E-state index contributed by atoms with van der Waals surface area (Å²) in [6, 6.07) is 33.6. The third-order valence-corrected chi connectivity index (χ3v) is 7.20. The fourth-order valence-electron chi connectivity index (χ4n) is 4.70. The fourth-order valence-corrected chi connectivity index (χ4v) is 5.08. The molecule has 0 bridgehead atoms. The third-order valence-electron chi connectivity index (χ3n) is 6.71. The van der Waals surface area contributed by atoms with Crippen molar-refractivity contribution in [2.24, 2.45) is 0 Å². The van der Waals surface area contributed by atoms with Gasteiger partial charge in [-0.05, 0) is 66.6 Å². The highest BCUT2D eigenvalue weighted by Gasteiger charge is 2.23. The lowest BCUT2D eigenvalue weighted by Crippen LogP contribution is -2.41. The molecule has 0 radical (unpaired) electrons. The van der Waals surface area contributed by atoms with Crippen LogP contribution >= 0.6 is 15.9 Å². The molecule has 212 valence electrons. The number of hydrogen-bond donors (Lipinski definition) is 3. The molecule has 5 aromatic rings. The van der Waals surface area contributed by atoms with Crippen molar-refractivity contribution < 1.29 is 19.1 Å². The Labute approximate surface area is 251 Å². The molecule has 4 aromatic carbocycles. The zero-order valence-corrected chi connectivity index (χ0v) is 24.4. The highest BCUT2D eigenvalue weighted by molar-refractivity contribution is 9.10. The summed E-state index contributed by atoms with van der Waals surface area (Å²) in [6.07, 6.45) is 0. The number of rotatable bonds is 9. The van der Waals surface area contributed by atoms with Crippen LogP contribution in [0.4, 0.5) is 5.69 Å². The van der Waals surface area contributed by atoms with E-state index in [1.165, 1.54) is 4.68 Å². The molecule has 0 aliphatic heterocycles. The molecule has 42 heavy (non-hydrogen) atoms. The van der Waals surface area contributed by atoms with Crippen LogP contribution in [0.5, 0.6) is 5.75 Å². The molecule has 0 aliphatic carbocycles. The maximum Gasteiger partial charge on any atom is 0.328 e. The number of fused-ring (bicyclic) bond motifs is 1. The molecule has 0 saturated heterocycles. The molecule has 0 saturated carbocycles. The summed E-state index contributed by atoms with van der Waals surface area (Å²) in [5, 5.41) is 6.32. The Morgan fingerprint density at radius 1 is 0.810 bits per heavy atom. The largest absolute Gasteiger partial charge is 0.494 e. The van der Waals surface area contributed by atoms with Crippen molar-refractivity contribution in [2.45, 2.75) is 12.8 Å². The Morgan fingerprint density at radius 3 is 2.07 bits per heavy atom. The molecule has 0 atom stereocenters. The monoisotopic (exact) mass is 624 g/mol. The quantitative estimate of drug-likeness (QED) is 0.173. The van der Waals surface area contributed by atoms with E-state index in [9.17, 15) is 14.4 Å². The van der Waals surface area contributed by atoms with Crippen LogP contribution in [-0.4, -0.2) is 35.5 Å². The number of hydrogen-bond acceptors (Lipinski definition) is 4. The number of nitrogens with one attached hydrogen (secondary N) is 3. The molecular weight excluding hydrogens is 596 g/mol. The standard InChI is InChI=1S/C33H29BrN4O4/c1-2-42-27-16-14-26(15-17-27)36-31(39)30-20-24-19-25(34)13-18-29(24)38(30)37-33(41)32(40)35-21-28(22-9-5-3-6-10-22)23-11-7-4-8-12-23/h3-20,28H,2,21H2,1H3,(H,35,40)(H,36,39)(H,37,41). The predicted molar refractivity (Wildman–Crippen MR) is 167 cm³/mol. The van der Waals surface area contributed by atoms with Gasteiger partial charge in [0, 0.05) is 28.0 Å². The summed E-state index contributed by atoms with van der Waals surface area (Å²) < 4.78 is 7.61. The summed E-state index contributed by atoms with van der Waals surface area (Å²) in [6.45, 7) is 2.64. The van der Waals surface area contributed by atoms with E-state index >= 15 is 0 Å². The van der Waals surface area contributed by atoms with Crippen LogP contribution in [-0.2, 0) is 9.59 Å². The van der Waals surface area contributed by atoms with Gasteiger partial charge in [0.1, 0.15) is 11.4 Å². The van der Waals surface area contributed by atoms with Gasteiger partial charge in [-0.25, -0.2) is 4.68 Å². The Hall–Kier alpha value is -4.89. The van der Waals surface area contributed by atoms with E-state index in [-0.39, 0.29) is 18.2 Å². The first kappa shape index (κ1) is 28.6. The SMILES string of the molecule is CCOc1ccc(NC(=O)c2cc3cc(Br)ccc3n2NC(=O)C(=O)NCC(c2ccccc2)c2ccccc2)cc1. The van der Waals surface area contributed by atoms with Gasteiger partial charge in [0.15, 0.2) is 0 Å². The molecular formula is C33H29BrN4O4. The minimum Gasteiger partial charge on any atom is -0.494 e. The van der Waals surface area contributed by atoms with E-state index in [0.717, 1.165) is 15.6 Å². The molecule has 0 fully saturated rings. The van der Waals surface area contributed by atoms with E-state index < -0.39 is 17.7 Å². The second-order valence-corrected chi connectivity index (χ2v) is 10.4. The first-order chi connectivity index (χ1) is 20.4. The van der Waals surface area contributed by atoms with Crippen LogP contribution in [0, 0.1) is 0 Å². The number of amides is 3. The number of benzene rings is 4. The normalized spacial score (nSPS) is 10.8. The number of ether oxygens (including phenoxy) is 1. The van der Waals surface area contributed by atoms with Crippen molar-refractivity contribution in [3.05, 3.63) is 130 Å². The number of aromatic nitrogens is 1. The number of halogens is 1. The van der Waals surface area contributed by atoms with Gasteiger partial charge >= 0.3 is 11.8 Å². The molecule has 3 N–H and O–H groups in total. The highest BCUT2D eigenvalue weighted by Crippen LogP contribution is 2.25. The highest BCUT2D eigenvalue weighted by atomic mass is 79.9. The number of carbonyl (C=O) groups is 3. The Bertz CT molecular complexity index is 1660. The lowest BCUT2D eigenvalue weighted by Gasteiger charge is -2.19. The van der Waals surface area contributed by atoms with Crippen LogP contribution in [0.25, 0.3) is 10.9 Å². The van der Waals surface area contributed by atoms with Crippen LogP contribution in [0.1, 0.15) is 34.5 Å². The van der Waals surface area contributed by atoms with Crippen molar-refractivity contribution in [1.82, 2.24) is 9.99 Å². The van der Waals surface area contributed by atoms with Gasteiger partial charge < -0.3 is 15.4 Å². The number of nitrogens with zero attached hydrogens (tertiary/aromatic N) is 1. The van der Waals surface area contributed by atoms with Crippen LogP contribution in [0.3, 0.4) is 0 Å². The maximum atomic E-state index is 13.4. The lowest BCUT2D eigenvalue weighted by molar-refractivity contribution is -0.136. The second-order valence-electron chi connectivity index (χ2n) is 9.50. The van der Waals surface area contributed by atoms with Gasteiger partial charge in [0.25, 0.3) is 5.91 Å². The van der Waals surface area contributed by atoms with E-state index in [0.29, 0.717) is 28.9 Å². The molecule has 1 aromatic heterocycles. The van der Waals surface area contributed by atoms with Crippen molar-refractivity contribution in [3.63, 3.8) is 0 Å². The molecule has 8 nitrogen and oxygen atoms in total. The second kappa shape index (κ2) is 13.2. The minimum absolute atomic E-state index is 0.149. The van der Waals surface area contributed by atoms with Gasteiger partial charge in [0.2, 0.25) is 0 Å². The van der Waals surface area contributed by atoms with Crippen molar-refractivity contribution in [3.8, 4) is 5.75 Å². The maximum absolute atomic E-state index is 13.4. The summed E-state index contributed by atoms with van der Waals surface area (Å²) in [7, 11) is 0. The average Bonchev–Trinajstić information content (AvgIpc) is 3.36. The van der Waals surface area contributed by atoms with Crippen LogP contribution < -0.4 is 20.8 Å². The van der Waals surface area contributed by atoms with E-state index in [1.807, 2.05) is 73.7 Å². The number of anilines is 1. The lowest BCUT2D eigenvalue weighted by atomic mass is 9.91. The van der Waals surface area contributed by atoms with Crippen molar-refractivity contribution >= 4 is 50.2 Å². The van der Waals surface area contributed by atoms with E-state index in [4.69, 9.17) is 4.74 Å². The number of carbonyl (C=O) groups excluding carboxylic acids is 3. The van der Waals surface area contributed by atoms with Crippen LogP contribution in [0.15, 0.2) is 114 Å². The van der Waals surface area contributed by atoms with E-state index in [2.05, 4.69) is 32.0 Å². The molecule has 1 heterocycles. The summed E-state index contributed by atoms with van der Waals surface area (Å²) in [4.78, 5) is 39.5. The Morgan fingerprint density at radius 2 is 1.45 bits per heavy atom. The van der Waals surface area contributed by atoms with Crippen LogP contribution in [0.2, 0.25) is 0 Å². The molecule has 0 aliphatic rings. The predicted octanol–water partition coefficient (Wildman–Crippen LogP) is 6.07. The Kier molecular flexibility index (Phi) is 8.99. The topological polar surface area (TPSA) is 101 Å². The molecule has 0 unspecified atom stereocenters. The van der Waals surface area contributed by atoms with Crippen molar-refractivity contribution in [2.75, 3.05) is 23.9 Å². The molecule has 9 heteroatoms. The molecule has 5 rings (SSSR count). The van der Waals surface area contributed by atoms with E-state index in [1.54, 1.807) is 42.5 Å². The van der Waals surface area contributed by atoms with Gasteiger partial charge in [0.05, 0.1) is 12.1 Å². The molecule has 0 spiro atoms. The Balaban J connectivity index is 1.35. The summed E-state index contributed by atoms with van der Waals surface area (Å²) in [5.41, 5.74) is 5.91. The van der Waals surface area contributed by atoms with Gasteiger partial charge in [-0.2, -0.15) is 0 Å². The third kappa shape index (κ3) is 6.70. The zero-order valence-electron chi connectivity index (χ0n) is 22.8. The fraction of sp³-hybridized carbons (Fsp3) is 0.121. The van der Waals surface area contributed by atoms with Crippen molar-refractivity contribution in [1.29, 1.82) is 0 Å². The first-order valence-electron chi connectivity index (χ1n) is 13.5. The van der Waals surface area contributed by atoms with Gasteiger partial charge in [-0.1, -0.05) is 76.6 Å². The first-order valence-corrected chi connectivity index (χ1v) is 14.3. The minimum atomic E-state index is -0.898. The summed E-state index contributed by atoms with van der Waals surface area (Å²) >= 11 is 3.45. The average molecular weight is 626 g/mol.